The van der Waals surface area contributed by atoms with Crippen molar-refractivity contribution in [2.45, 2.75) is 78.6 Å². The molecule has 0 radical (unpaired) electrons. The molecule has 0 unspecified atom stereocenters. The summed E-state index contributed by atoms with van der Waals surface area (Å²) in [4.78, 5) is 39.0. The van der Waals surface area contributed by atoms with Gasteiger partial charge >= 0.3 is 5.97 Å². The van der Waals surface area contributed by atoms with Crippen molar-refractivity contribution < 1.29 is 34.1 Å². The summed E-state index contributed by atoms with van der Waals surface area (Å²) in [5, 5.41) is 22.8. The summed E-state index contributed by atoms with van der Waals surface area (Å²) in [5.41, 5.74) is -2.51. The Morgan fingerprint density at radius 3 is 2.48 bits per heavy atom. The highest BCUT2D eigenvalue weighted by atomic mass is 16.5. The largest absolute Gasteiger partial charge is 0.462 e. The highest BCUT2D eigenvalue weighted by Crippen LogP contribution is 2.70. The smallest absolute Gasteiger partial charge is 0.302 e. The molecule has 2 bridgehead atoms. The first kappa shape index (κ1) is 22.9. The van der Waals surface area contributed by atoms with E-state index in [4.69, 9.17) is 9.47 Å². The van der Waals surface area contributed by atoms with Crippen LogP contribution in [0.3, 0.4) is 0 Å². The molecule has 0 aromatic carbocycles. The van der Waals surface area contributed by atoms with Crippen LogP contribution in [0, 0.1) is 39.9 Å². The average molecular weight is 437 g/mol. The zero-order valence-corrected chi connectivity index (χ0v) is 19.2. The number of fused-ring (bicyclic) bond motifs is 3. The zero-order chi connectivity index (χ0) is 22.9. The first-order chi connectivity index (χ1) is 14.4. The lowest BCUT2D eigenvalue weighted by atomic mass is 9.39. The van der Waals surface area contributed by atoms with E-state index >= 15 is 0 Å². The minimum atomic E-state index is -1.46. The Hall–Kier alpha value is -1.31. The van der Waals surface area contributed by atoms with Crippen LogP contribution in [0.15, 0.2) is 0 Å². The molecule has 4 saturated carbocycles. The van der Waals surface area contributed by atoms with Gasteiger partial charge < -0.3 is 19.7 Å². The molecule has 4 aliphatic rings. The molecule has 174 valence electrons. The van der Waals surface area contributed by atoms with Crippen molar-refractivity contribution >= 4 is 17.5 Å². The SMILES string of the molecule is CCOC[C@H]1C(=O)[C@@]23[C@H](O)C[C@@H]4C(C)(C)[C@@H](OC(C)=O)CC[C@@]4(C)[C@@H]2C(=O)C[C@@H]1[C@H]3O. The molecule has 31 heavy (non-hydrogen) atoms. The number of rotatable bonds is 4. The highest BCUT2D eigenvalue weighted by Gasteiger charge is 2.77. The molecule has 0 aliphatic heterocycles. The molecular formula is C24H36O7. The molecule has 0 aromatic rings. The van der Waals surface area contributed by atoms with Gasteiger partial charge in [0, 0.05) is 43.1 Å². The van der Waals surface area contributed by atoms with E-state index in [0.29, 0.717) is 25.9 Å². The summed E-state index contributed by atoms with van der Waals surface area (Å²) in [6.45, 7) is 9.94. The van der Waals surface area contributed by atoms with Crippen molar-refractivity contribution in [1.82, 2.24) is 0 Å². The minimum absolute atomic E-state index is 0.0318. The number of carbonyl (C=O) groups is 3. The Labute approximate surface area is 183 Å². The van der Waals surface area contributed by atoms with Crippen molar-refractivity contribution in [3.63, 3.8) is 0 Å². The topological polar surface area (TPSA) is 110 Å². The van der Waals surface area contributed by atoms with Crippen LogP contribution in [-0.4, -0.2) is 59.3 Å². The quantitative estimate of drug-likeness (QED) is 0.648. The van der Waals surface area contributed by atoms with Crippen LogP contribution in [0.2, 0.25) is 0 Å². The number of ketones is 2. The van der Waals surface area contributed by atoms with Crippen LogP contribution < -0.4 is 0 Å². The number of aliphatic hydroxyl groups excluding tert-OH is 2. The summed E-state index contributed by atoms with van der Waals surface area (Å²) in [6, 6.07) is 0. The zero-order valence-electron chi connectivity index (χ0n) is 19.2. The number of carbonyl (C=O) groups excluding carboxylic acids is 3. The summed E-state index contributed by atoms with van der Waals surface area (Å²) in [6.07, 6.45) is -0.856. The number of ether oxygens (including phenoxy) is 2. The van der Waals surface area contributed by atoms with Gasteiger partial charge in [-0.05, 0) is 37.5 Å². The van der Waals surface area contributed by atoms with Gasteiger partial charge in [-0.2, -0.15) is 0 Å². The van der Waals surface area contributed by atoms with Gasteiger partial charge in [0.1, 0.15) is 11.9 Å². The van der Waals surface area contributed by atoms with Crippen LogP contribution >= 0.6 is 0 Å². The lowest BCUT2D eigenvalue weighted by molar-refractivity contribution is -0.236. The summed E-state index contributed by atoms with van der Waals surface area (Å²) < 4.78 is 11.2. The Morgan fingerprint density at radius 1 is 1.19 bits per heavy atom. The van der Waals surface area contributed by atoms with Gasteiger partial charge in [0.2, 0.25) is 0 Å². The number of esters is 1. The Kier molecular flexibility index (Phi) is 5.43. The molecule has 7 heteroatoms. The third-order valence-corrected chi connectivity index (χ3v) is 9.36. The maximum Gasteiger partial charge on any atom is 0.302 e. The van der Waals surface area contributed by atoms with E-state index in [-0.39, 0.29) is 42.6 Å². The van der Waals surface area contributed by atoms with Gasteiger partial charge in [-0.1, -0.05) is 20.8 Å². The maximum atomic E-state index is 13.8. The predicted molar refractivity (Wildman–Crippen MR) is 111 cm³/mol. The molecule has 9 atom stereocenters. The number of hydrogen-bond acceptors (Lipinski definition) is 7. The van der Waals surface area contributed by atoms with E-state index in [1.165, 1.54) is 6.92 Å². The van der Waals surface area contributed by atoms with Crippen molar-refractivity contribution in [1.29, 1.82) is 0 Å². The van der Waals surface area contributed by atoms with E-state index in [9.17, 15) is 24.6 Å². The van der Waals surface area contributed by atoms with Crippen molar-refractivity contribution in [2.24, 2.45) is 39.9 Å². The normalized spacial score (nSPS) is 48.2. The Morgan fingerprint density at radius 2 is 1.87 bits per heavy atom. The Bertz CT molecular complexity index is 791. The van der Waals surface area contributed by atoms with E-state index in [1.54, 1.807) is 0 Å². The van der Waals surface area contributed by atoms with Crippen LogP contribution in [0.25, 0.3) is 0 Å². The highest BCUT2D eigenvalue weighted by molar-refractivity contribution is 6.01. The van der Waals surface area contributed by atoms with Gasteiger partial charge in [-0.3, -0.25) is 14.4 Å². The van der Waals surface area contributed by atoms with Crippen molar-refractivity contribution in [3.05, 3.63) is 0 Å². The van der Waals surface area contributed by atoms with E-state index in [1.807, 2.05) is 27.7 Å². The molecule has 2 N–H and O–H groups in total. The third kappa shape index (κ3) is 2.85. The van der Waals surface area contributed by atoms with Gasteiger partial charge in [0.25, 0.3) is 0 Å². The summed E-state index contributed by atoms with van der Waals surface area (Å²) >= 11 is 0. The number of hydrogen-bond donors (Lipinski definition) is 2. The molecule has 0 amide bonds. The van der Waals surface area contributed by atoms with Gasteiger partial charge in [-0.15, -0.1) is 0 Å². The van der Waals surface area contributed by atoms with Crippen LogP contribution in [0.1, 0.15) is 60.3 Å². The second kappa shape index (κ2) is 7.35. The molecule has 4 fully saturated rings. The van der Waals surface area contributed by atoms with Crippen LogP contribution in [0.4, 0.5) is 0 Å². The van der Waals surface area contributed by atoms with E-state index in [0.717, 1.165) is 0 Å². The van der Waals surface area contributed by atoms with Crippen molar-refractivity contribution in [3.8, 4) is 0 Å². The molecule has 4 rings (SSSR count). The fraction of sp³-hybridized carbons (Fsp3) is 0.875. The minimum Gasteiger partial charge on any atom is -0.462 e. The lowest BCUT2D eigenvalue weighted by Crippen LogP contribution is -2.70. The van der Waals surface area contributed by atoms with Crippen LogP contribution in [-0.2, 0) is 23.9 Å². The summed E-state index contributed by atoms with van der Waals surface area (Å²) in [7, 11) is 0. The van der Waals surface area contributed by atoms with Crippen LogP contribution in [0.5, 0.6) is 0 Å². The summed E-state index contributed by atoms with van der Waals surface area (Å²) in [5.74, 6) is -2.51. The molecule has 0 heterocycles. The molecule has 0 aromatic heterocycles. The van der Waals surface area contributed by atoms with Gasteiger partial charge in [-0.25, -0.2) is 0 Å². The second-order valence-corrected chi connectivity index (χ2v) is 11.0. The monoisotopic (exact) mass is 436 g/mol. The molecule has 1 spiro atoms. The lowest BCUT2D eigenvalue weighted by Gasteiger charge is -2.65. The maximum absolute atomic E-state index is 13.8. The van der Waals surface area contributed by atoms with Gasteiger partial charge in [0.05, 0.1) is 24.2 Å². The standard InChI is InChI=1S/C24H36O7/c1-6-30-11-14-13-9-15(26)19-23(5)8-7-18(31-12(2)25)22(3,4)16(23)10-17(27)24(19,20(13)28)21(14)29/h13-14,16-20,27-28H,6-11H2,1-5H3/t13-,14+,16+,17+,18-,19-,20+,23+,24-/m0/s1. The predicted octanol–water partition coefficient (Wildman–Crippen LogP) is 1.91. The van der Waals surface area contributed by atoms with E-state index < -0.39 is 46.2 Å². The number of Topliss-reactive ketones (excluding diaryl/α,β-unsaturated/α-hetero) is 2. The average Bonchev–Trinajstić information content (AvgIpc) is 2.80. The number of aliphatic hydroxyl groups is 2. The molecular weight excluding hydrogens is 400 g/mol. The third-order valence-electron chi connectivity index (χ3n) is 9.36. The first-order valence-corrected chi connectivity index (χ1v) is 11.6. The molecule has 0 saturated heterocycles. The fourth-order valence-electron chi connectivity index (χ4n) is 8.14. The van der Waals surface area contributed by atoms with E-state index in [2.05, 4.69) is 0 Å². The molecule has 4 aliphatic carbocycles. The fourth-order valence-corrected chi connectivity index (χ4v) is 8.14. The first-order valence-electron chi connectivity index (χ1n) is 11.6. The van der Waals surface area contributed by atoms with Gasteiger partial charge in [0.15, 0.2) is 5.78 Å². The molecule has 7 nitrogen and oxygen atoms in total. The van der Waals surface area contributed by atoms with Crippen molar-refractivity contribution in [2.75, 3.05) is 13.2 Å². The second-order valence-electron chi connectivity index (χ2n) is 11.0. The Balaban J connectivity index is 1.78.